The molecule has 0 spiro atoms. The van der Waals surface area contributed by atoms with Crippen molar-refractivity contribution in [2.45, 2.75) is 26.3 Å². The minimum absolute atomic E-state index is 0.240. The van der Waals surface area contributed by atoms with Crippen LogP contribution < -0.4 is 9.47 Å². The second kappa shape index (κ2) is 6.52. The Morgan fingerprint density at radius 1 is 1.29 bits per heavy atom. The zero-order valence-corrected chi connectivity index (χ0v) is 12.9. The number of hydrogen-bond donors (Lipinski definition) is 0. The molecule has 1 heterocycles. The lowest BCUT2D eigenvalue weighted by molar-refractivity contribution is -0.147. The molecule has 5 nitrogen and oxygen atoms in total. The van der Waals surface area contributed by atoms with Crippen LogP contribution in [0.5, 0.6) is 11.5 Å². The number of aromatic nitrogens is 1. The SMILES string of the molecule is CCCOC(=O)C(C)n1ccc2c(OC)cc(OC)cc21. The van der Waals surface area contributed by atoms with Crippen molar-refractivity contribution in [1.82, 2.24) is 4.57 Å². The lowest BCUT2D eigenvalue weighted by Crippen LogP contribution is -2.18. The van der Waals surface area contributed by atoms with E-state index in [1.165, 1.54) is 0 Å². The summed E-state index contributed by atoms with van der Waals surface area (Å²) in [6.45, 7) is 4.23. The molecule has 1 aromatic heterocycles. The van der Waals surface area contributed by atoms with E-state index in [0.29, 0.717) is 12.4 Å². The number of fused-ring (bicyclic) bond motifs is 1. The predicted molar refractivity (Wildman–Crippen MR) is 81.0 cm³/mol. The van der Waals surface area contributed by atoms with Crippen LogP contribution in [0.1, 0.15) is 26.3 Å². The van der Waals surface area contributed by atoms with Crippen LogP contribution in [0.15, 0.2) is 24.4 Å². The quantitative estimate of drug-likeness (QED) is 0.767. The van der Waals surface area contributed by atoms with Gasteiger partial charge in [-0.1, -0.05) is 6.92 Å². The third-order valence-electron chi connectivity index (χ3n) is 3.44. The number of carbonyl (C=O) groups excluding carboxylic acids is 1. The highest BCUT2D eigenvalue weighted by atomic mass is 16.5. The first-order chi connectivity index (χ1) is 10.1. The molecule has 0 bridgehead atoms. The van der Waals surface area contributed by atoms with Crippen LogP contribution >= 0.6 is 0 Å². The summed E-state index contributed by atoms with van der Waals surface area (Å²) in [5.41, 5.74) is 0.882. The Bertz CT molecular complexity index is 632. The Kier molecular flexibility index (Phi) is 4.73. The summed E-state index contributed by atoms with van der Waals surface area (Å²) in [7, 11) is 3.22. The molecular formula is C16H21NO4. The number of rotatable bonds is 6. The Hall–Kier alpha value is -2.17. The van der Waals surface area contributed by atoms with Crippen molar-refractivity contribution in [2.75, 3.05) is 20.8 Å². The fraction of sp³-hybridized carbons (Fsp3) is 0.438. The van der Waals surface area contributed by atoms with E-state index in [1.807, 2.05) is 42.8 Å². The van der Waals surface area contributed by atoms with Gasteiger partial charge in [0.15, 0.2) is 0 Å². The molecule has 114 valence electrons. The monoisotopic (exact) mass is 291 g/mol. The number of methoxy groups -OCH3 is 2. The summed E-state index contributed by atoms with van der Waals surface area (Å²) in [6.07, 6.45) is 2.68. The van der Waals surface area contributed by atoms with Gasteiger partial charge in [-0.15, -0.1) is 0 Å². The fourth-order valence-electron chi connectivity index (χ4n) is 2.26. The number of carbonyl (C=O) groups is 1. The molecule has 5 heteroatoms. The smallest absolute Gasteiger partial charge is 0.328 e. The van der Waals surface area contributed by atoms with E-state index in [0.717, 1.165) is 23.1 Å². The third-order valence-corrected chi connectivity index (χ3v) is 3.44. The molecule has 0 amide bonds. The highest BCUT2D eigenvalue weighted by molar-refractivity contribution is 5.89. The van der Waals surface area contributed by atoms with Crippen molar-refractivity contribution >= 4 is 16.9 Å². The lowest BCUT2D eigenvalue weighted by atomic mass is 10.2. The molecule has 0 aliphatic heterocycles. The van der Waals surface area contributed by atoms with Crippen LogP contribution in [-0.4, -0.2) is 31.4 Å². The van der Waals surface area contributed by atoms with E-state index in [9.17, 15) is 4.79 Å². The van der Waals surface area contributed by atoms with E-state index >= 15 is 0 Å². The first-order valence-electron chi connectivity index (χ1n) is 7.01. The summed E-state index contributed by atoms with van der Waals surface area (Å²) >= 11 is 0. The van der Waals surface area contributed by atoms with E-state index < -0.39 is 6.04 Å². The van der Waals surface area contributed by atoms with Gasteiger partial charge in [0.05, 0.1) is 26.3 Å². The Balaban J connectivity index is 2.42. The van der Waals surface area contributed by atoms with E-state index in [2.05, 4.69) is 0 Å². The van der Waals surface area contributed by atoms with Crippen LogP contribution in [0.2, 0.25) is 0 Å². The topological polar surface area (TPSA) is 49.7 Å². The standard InChI is InChI=1S/C16H21NO4/c1-5-8-21-16(18)11(2)17-7-6-13-14(17)9-12(19-3)10-15(13)20-4/h6-7,9-11H,5,8H2,1-4H3. The molecule has 21 heavy (non-hydrogen) atoms. The number of nitrogens with zero attached hydrogens (tertiary/aromatic N) is 1. The summed E-state index contributed by atoms with van der Waals surface area (Å²) in [6, 6.07) is 5.25. The lowest BCUT2D eigenvalue weighted by Gasteiger charge is -2.15. The minimum Gasteiger partial charge on any atom is -0.497 e. The fourth-order valence-corrected chi connectivity index (χ4v) is 2.26. The molecular weight excluding hydrogens is 270 g/mol. The third kappa shape index (κ3) is 2.96. The molecule has 0 aliphatic rings. The van der Waals surface area contributed by atoms with Crippen molar-refractivity contribution in [2.24, 2.45) is 0 Å². The molecule has 0 fully saturated rings. The maximum atomic E-state index is 12.0. The van der Waals surface area contributed by atoms with Crippen molar-refractivity contribution in [3.05, 3.63) is 24.4 Å². The summed E-state index contributed by atoms with van der Waals surface area (Å²) in [5, 5.41) is 0.938. The maximum Gasteiger partial charge on any atom is 0.328 e. The average molecular weight is 291 g/mol. The molecule has 0 radical (unpaired) electrons. The second-order valence-electron chi connectivity index (χ2n) is 4.83. The van der Waals surface area contributed by atoms with E-state index in [4.69, 9.17) is 14.2 Å². The molecule has 1 atom stereocenters. The predicted octanol–water partition coefficient (Wildman–Crippen LogP) is 3.17. The molecule has 2 rings (SSSR count). The molecule has 0 saturated carbocycles. The molecule has 0 N–H and O–H groups in total. The number of esters is 1. The van der Waals surface area contributed by atoms with Crippen LogP contribution in [0.25, 0.3) is 10.9 Å². The van der Waals surface area contributed by atoms with E-state index in [1.54, 1.807) is 14.2 Å². The number of ether oxygens (including phenoxy) is 3. The van der Waals surface area contributed by atoms with Gasteiger partial charge in [0.1, 0.15) is 17.5 Å². The Labute approximate surface area is 124 Å². The van der Waals surface area contributed by atoms with Crippen molar-refractivity contribution in [3.63, 3.8) is 0 Å². The van der Waals surface area contributed by atoms with Gasteiger partial charge in [-0.05, 0) is 19.4 Å². The van der Waals surface area contributed by atoms with Gasteiger partial charge in [-0.25, -0.2) is 4.79 Å². The van der Waals surface area contributed by atoms with Crippen LogP contribution in [0.3, 0.4) is 0 Å². The van der Waals surface area contributed by atoms with E-state index in [-0.39, 0.29) is 5.97 Å². The highest BCUT2D eigenvalue weighted by Crippen LogP contribution is 2.33. The summed E-state index contributed by atoms with van der Waals surface area (Å²) in [5.74, 6) is 1.17. The Morgan fingerprint density at radius 3 is 2.67 bits per heavy atom. The van der Waals surface area contributed by atoms with Crippen LogP contribution in [0, 0.1) is 0 Å². The first kappa shape index (κ1) is 15.2. The van der Waals surface area contributed by atoms with Gasteiger partial charge in [-0.3, -0.25) is 0 Å². The maximum absolute atomic E-state index is 12.0. The largest absolute Gasteiger partial charge is 0.497 e. The molecule has 1 unspecified atom stereocenters. The molecule has 0 saturated heterocycles. The normalized spacial score (nSPS) is 12.2. The number of benzene rings is 1. The summed E-state index contributed by atoms with van der Waals surface area (Å²) in [4.78, 5) is 12.0. The van der Waals surface area contributed by atoms with Crippen molar-refractivity contribution in [3.8, 4) is 11.5 Å². The van der Waals surface area contributed by atoms with Gasteiger partial charge >= 0.3 is 5.97 Å². The highest BCUT2D eigenvalue weighted by Gasteiger charge is 2.19. The molecule has 2 aromatic rings. The molecule has 0 aliphatic carbocycles. The van der Waals surface area contributed by atoms with Crippen LogP contribution in [0.4, 0.5) is 0 Å². The van der Waals surface area contributed by atoms with Gasteiger partial charge in [0, 0.05) is 23.7 Å². The van der Waals surface area contributed by atoms with Gasteiger partial charge in [0.25, 0.3) is 0 Å². The Morgan fingerprint density at radius 2 is 2.05 bits per heavy atom. The van der Waals surface area contributed by atoms with Crippen LogP contribution in [-0.2, 0) is 9.53 Å². The van der Waals surface area contributed by atoms with Crippen molar-refractivity contribution < 1.29 is 19.0 Å². The average Bonchev–Trinajstić information content (AvgIpc) is 2.94. The van der Waals surface area contributed by atoms with Crippen molar-refractivity contribution in [1.29, 1.82) is 0 Å². The zero-order chi connectivity index (χ0) is 15.4. The van der Waals surface area contributed by atoms with Gasteiger partial charge < -0.3 is 18.8 Å². The minimum atomic E-state index is -0.397. The first-order valence-corrected chi connectivity index (χ1v) is 7.01. The van der Waals surface area contributed by atoms with Gasteiger partial charge in [0.2, 0.25) is 0 Å². The second-order valence-corrected chi connectivity index (χ2v) is 4.83. The van der Waals surface area contributed by atoms with Gasteiger partial charge in [-0.2, -0.15) is 0 Å². The number of hydrogen-bond acceptors (Lipinski definition) is 4. The zero-order valence-electron chi connectivity index (χ0n) is 12.9. The molecule has 1 aromatic carbocycles. The summed E-state index contributed by atoms with van der Waals surface area (Å²) < 4.78 is 17.8.